The summed E-state index contributed by atoms with van der Waals surface area (Å²) in [6, 6.07) is 4.66. The van der Waals surface area contributed by atoms with E-state index >= 15 is 0 Å². The first kappa shape index (κ1) is 23.9. The van der Waals surface area contributed by atoms with Crippen LogP contribution in [-0.2, 0) is 18.8 Å². The van der Waals surface area contributed by atoms with Crippen molar-refractivity contribution in [3.8, 4) is 0 Å². The zero-order valence-corrected chi connectivity index (χ0v) is 19.0. The molecule has 2 aliphatic rings. The number of hydrogen-bond donors (Lipinski definition) is 1. The average Bonchev–Trinajstić information content (AvgIpc) is 3.17. The summed E-state index contributed by atoms with van der Waals surface area (Å²) in [5, 5.41) is 1.41. The number of aromatic nitrogens is 4. The van der Waals surface area contributed by atoms with E-state index in [0.717, 1.165) is 54.1 Å². The van der Waals surface area contributed by atoms with Crippen molar-refractivity contribution >= 4 is 28.5 Å². The van der Waals surface area contributed by atoms with Crippen LogP contribution in [0.4, 0.5) is 32.3 Å². The number of benzene rings is 1. The molecule has 5 nitrogen and oxygen atoms in total. The molecule has 1 atom stereocenters. The van der Waals surface area contributed by atoms with E-state index in [1.165, 1.54) is 4.90 Å². The number of anilines is 1. The van der Waals surface area contributed by atoms with Gasteiger partial charge in [-0.15, -0.1) is 0 Å². The molecule has 0 amide bonds. The minimum Gasteiger partial charge on any atom is -0.356 e. The number of aromatic amines is 1. The molecule has 5 rings (SSSR count). The normalized spacial score (nSPS) is 19.2. The summed E-state index contributed by atoms with van der Waals surface area (Å²) in [7, 11) is 0. The minimum absolute atomic E-state index is 0.125. The van der Waals surface area contributed by atoms with Crippen LogP contribution in [0.1, 0.15) is 61.1 Å². The van der Waals surface area contributed by atoms with Gasteiger partial charge >= 0.3 is 12.4 Å². The molecule has 1 aromatic carbocycles. The van der Waals surface area contributed by atoms with E-state index in [9.17, 15) is 26.3 Å². The van der Waals surface area contributed by atoms with Crippen molar-refractivity contribution in [1.82, 2.24) is 19.9 Å². The molecule has 3 heterocycles. The predicted octanol–water partition coefficient (Wildman–Crippen LogP) is 7.04. The van der Waals surface area contributed by atoms with Gasteiger partial charge in [0.05, 0.1) is 6.04 Å². The van der Waals surface area contributed by atoms with Gasteiger partial charge in [0, 0.05) is 28.2 Å². The lowest BCUT2D eigenvalue weighted by Crippen LogP contribution is -2.37. The average molecular weight is 516 g/mol. The van der Waals surface area contributed by atoms with Crippen LogP contribution in [0.5, 0.6) is 0 Å². The third kappa shape index (κ3) is 4.70. The molecule has 0 radical (unpaired) electrons. The standard InChI is InChI=1S/C23H20ClF6N5/c24-13-6-7-16-15(11-13)14-8-9-35(17(18(14)31-16)10-12-4-2-1-3-5-12)21-33-19(22(25,26)27)32-20(34-21)23(28,29)30/h6-7,10-11,17,31H,1-5,8-9H2. The summed E-state index contributed by atoms with van der Waals surface area (Å²) in [6.45, 7) is 0.125. The van der Waals surface area contributed by atoms with Gasteiger partial charge in [-0.05, 0) is 55.9 Å². The molecule has 186 valence electrons. The Bertz CT molecular complexity index is 1260. The molecule has 1 aliphatic carbocycles. The Morgan fingerprint density at radius 1 is 0.914 bits per heavy atom. The van der Waals surface area contributed by atoms with Crippen molar-refractivity contribution in [3.63, 3.8) is 0 Å². The molecule has 0 saturated heterocycles. The molecule has 35 heavy (non-hydrogen) atoms. The van der Waals surface area contributed by atoms with Crippen LogP contribution in [0.3, 0.4) is 0 Å². The van der Waals surface area contributed by atoms with Gasteiger partial charge in [-0.3, -0.25) is 0 Å². The summed E-state index contributed by atoms with van der Waals surface area (Å²) >= 11 is 6.18. The lowest BCUT2D eigenvalue weighted by molar-refractivity contribution is -0.155. The third-order valence-corrected chi connectivity index (χ3v) is 6.65. The zero-order valence-electron chi connectivity index (χ0n) is 18.3. The Labute approximate surface area is 201 Å². The second-order valence-corrected chi connectivity index (χ2v) is 9.20. The highest BCUT2D eigenvalue weighted by molar-refractivity contribution is 6.31. The van der Waals surface area contributed by atoms with E-state index in [1.54, 1.807) is 18.2 Å². The van der Waals surface area contributed by atoms with E-state index < -0.39 is 36.0 Å². The number of nitrogens with zero attached hydrogens (tertiary/aromatic N) is 4. The number of allylic oxidation sites excluding steroid dienone is 1. The molecule has 12 heteroatoms. The van der Waals surface area contributed by atoms with E-state index in [0.29, 0.717) is 17.1 Å². The van der Waals surface area contributed by atoms with E-state index in [4.69, 9.17) is 11.6 Å². The molecule has 1 fully saturated rings. The number of hydrogen-bond acceptors (Lipinski definition) is 4. The molecular weight excluding hydrogens is 496 g/mol. The first-order valence-corrected chi connectivity index (χ1v) is 11.5. The van der Waals surface area contributed by atoms with Gasteiger partial charge in [-0.2, -0.15) is 36.3 Å². The Kier molecular flexibility index (Phi) is 5.93. The third-order valence-electron chi connectivity index (χ3n) is 6.41. The maximum Gasteiger partial charge on any atom is 0.451 e. The maximum atomic E-state index is 13.4. The Balaban J connectivity index is 1.68. The molecule has 2 aromatic heterocycles. The fourth-order valence-electron chi connectivity index (χ4n) is 4.83. The largest absolute Gasteiger partial charge is 0.451 e. The summed E-state index contributed by atoms with van der Waals surface area (Å²) < 4.78 is 80.5. The number of H-pyrrole nitrogens is 1. The topological polar surface area (TPSA) is 57.7 Å². The quantitative estimate of drug-likeness (QED) is 0.294. The van der Waals surface area contributed by atoms with Crippen LogP contribution in [-0.4, -0.2) is 26.5 Å². The Morgan fingerprint density at radius 3 is 2.20 bits per heavy atom. The molecule has 3 aromatic rings. The van der Waals surface area contributed by atoms with Gasteiger partial charge in [0.15, 0.2) is 0 Å². The van der Waals surface area contributed by atoms with Crippen LogP contribution in [0.2, 0.25) is 5.02 Å². The van der Waals surface area contributed by atoms with Crippen molar-refractivity contribution in [2.75, 3.05) is 11.4 Å². The lowest BCUT2D eigenvalue weighted by Gasteiger charge is -2.35. The molecule has 1 unspecified atom stereocenters. The number of alkyl halides is 6. The lowest BCUT2D eigenvalue weighted by atomic mass is 9.90. The summed E-state index contributed by atoms with van der Waals surface area (Å²) in [6.07, 6.45) is -3.33. The van der Waals surface area contributed by atoms with Crippen molar-refractivity contribution < 1.29 is 26.3 Å². The number of rotatable bonds is 2. The monoisotopic (exact) mass is 515 g/mol. The van der Waals surface area contributed by atoms with Gasteiger partial charge < -0.3 is 9.88 Å². The second-order valence-electron chi connectivity index (χ2n) is 8.76. The van der Waals surface area contributed by atoms with Gasteiger partial charge in [0.1, 0.15) is 0 Å². The highest BCUT2D eigenvalue weighted by atomic mass is 35.5. The Morgan fingerprint density at radius 2 is 1.57 bits per heavy atom. The van der Waals surface area contributed by atoms with E-state index in [-0.39, 0.29) is 6.54 Å². The summed E-state index contributed by atoms with van der Waals surface area (Å²) in [5.41, 5.74) is 3.51. The molecule has 0 spiro atoms. The molecule has 0 bridgehead atoms. The number of nitrogens with one attached hydrogen (secondary N) is 1. The SMILES string of the molecule is FC(F)(F)c1nc(N2CCc3c([nH]c4ccc(Cl)cc34)C2C=C2CCCCC2)nc(C(F)(F)F)n1. The molecule has 1 N–H and O–H groups in total. The fraction of sp³-hybridized carbons (Fsp3) is 0.435. The number of halogens is 7. The van der Waals surface area contributed by atoms with E-state index in [1.807, 2.05) is 6.08 Å². The van der Waals surface area contributed by atoms with Crippen molar-refractivity contribution in [2.45, 2.75) is 56.9 Å². The van der Waals surface area contributed by atoms with Crippen LogP contribution in [0.25, 0.3) is 10.9 Å². The highest BCUT2D eigenvalue weighted by Gasteiger charge is 2.43. The van der Waals surface area contributed by atoms with Crippen LogP contribution in [0, 0.1) is 0 Å². The second kappa shape index (κ2) is 8.69. The van der Waals surface area contributed by atoms with Crippen LogP contribution < -0.4 is 4.90 Å². The van der Waals surface area contributed by atoms with E-state index in [2.05, 4.69) is 19.9 Å². The number of fused-ring (bicyclic) bond motifs is 3. The van der Waals surface area contributed by atoms with Crippen LogP contribution >= 0.6 is 11.6 Å². The van der Waals surface area contributed by atoms with Crippen LogP contribution in [0.15, 0.2) is 29.8 Å². The van der Waals surface area contributed by atoms with Crippen molar-refractivity contribution in [2.24, 2.45) is 0 Å². The summed E-state index contributed by atoms with van der Waals surface area (Å²) in [4.78, 5) is 14.3. The first-order valence-electron chi connectivity index (χ1n) is 11.2. The van der Waals surface area contributed by atoms with Crippen molar-refractivity contribution in [1.29, 1.82) is 0 Å². The van der Waals surface area contributed by atoms with Gasteiger partial charge in [0.2, 0.25) is 17.6 Å². The fourth-order valence-corrected chi connectivity index (χ4v) is 5.00. The maximum absolute atomic E-state index is 13.4. The van der Waals surface area contributed by atoms with Gasteiger partial charge in [-0.25, -0.2) is 4.98 Å². The minimum atomic E-state index is -5.16. The molecular formula is C23H20ClF6N5. The Hall–Kier alpha value is -2.82. The van der Waals surface area contributed by atoms with Crippen molar-refractivity contribution in [3.05, 3.63) is 57.8 Å². The highest BCUT2D eigenvalue weighted by Crippen LogP contribution is 2.41. The van der Waals surface area contributed by atoms with Gasteiger partial charge in [0.25, 0.3) is 0 Å². The zero-order chi connectivity index (χ0) is 25.0. The van der Waals surface area contributed by atoms with Gasteiger partial charge in [-0.1, -0.05) is 29.7 Å². The first-order chi connectivity index (χ1) is 16.5. The molecule has 1 saturated carbocycles. The smallest absolute Gasteiger partial charge is 0.356 e. The summed E-state index contributed by atoms with van der Waals surface area (Å²) in [5.74, 6) is -4.39. The predicted molar refractivity (Wildman–Crippen MR) is 118 cm³/mol. The molecule has 1 aliphatic heterocycles.